The lowest BCUT2D eigenvalue weighted by molar-refractivity contribution is -0.111. The molecule has 0 radical (unpaired) electrons. The summed E-state index contributed by atoms with van der Waals surface area (Å²) in [6, 6.07) is 0. The van der Waals surface area contributed by atoms with E-state index in [9.17, 15) is 10.2 Å². The summed E-state index contributed by atoms with van der Waals surface area (Å²) >= 11 is 0. The molecule has 0 aromatic rings. The van der Waals surface area contributed by atoms with Gasteiger partial charge in [-0.1, -0.05) is 6.92 Å². The molecule has 3 atom stereocenters. The zero-order chi connectivity index (χ0) is 10.8. The highest BCUT2D eigenvalue weighted by atomic mass is 16.5. The van der Waals surface area contributed by atoms with Gasteiger partial charge in [0.05, 0.1) is 19.3 Å². The van der Waals surface area contributed by atoms with Gasteiger partial charge in [0.15, 0.2) is 0 Å². The smallest absolute Gasteiger partial charge is 0.210 e. The maximum atomic E-state index is 9.22. The maximum absolute atomic E-state index is 9.22. The van der Waals surface area contributed by atoms with Crippen LogP contribution in [0.25, 0.3) is 0 Å². The second-order valence-electron chi connectivity index (χ2n) is 3.82. The Kier molecular flexibility index (Phi) is 2.83. The first-order valence-electron chi connectivity index (χ1n) is 4.99. The van der Waals surface area contributed by atoms with Crippen molar-refractivity contribution in [2.24, 2.45) is 11.8 Å². The van der Waals surface area contributed by atoms with Gasteiger partial charge in [-0.3, -0.25) is 0 Å². The minimum atomic E-state index is -0.872. The lowest BCUT2D eigenvalue weighted by Crippen LogP contribution is -2.43. The summed E-state index contributed by atoms with van der Waals surface area (Å²) in [5.41, 5.74) is -0.872. The summed E-state index contributed by atoms with van der Waals surface area (Å²) in [5.74, 6) is 0.0321. The second-order valence-corrected chi connectivity index (χ2v) is 3.82. The number of ether oxygens (including phenoxy) is 1. The van der Waals surface area contributed by atoms with E-state index in [1.165, 1.54) is 0 Å². The topological polar surface area (TPSA) is 69.9 Å². The molecule has 4 heteroatoms. The third kappa shape index (κ3) is 1.59. The molecule has 0 saturated carbocycles. The van der Waals surface area contributed by atoms with Gasteiger partial charge >= 0.3 is 0 Å². The van der Waals surface area contributed by atoms with Crippen molar-refractivity contribution >= 4 is 0 Å². The van der Waals surface area contributed by atoms with Crippen LogP contribution in [-0.4, -0.2) is 48.3 Å². The molecule has 78 valence electrons. The van der Waals surface area contributed by atoms with Crippen LogP contribution in [-0.2, 0) is 4.74 Å². The molecule has 1 saturated heterocycles. The zero-order valence-electron chi connectivity index (χ0n) is 9.06. The Morgan fingerprint density at radius 1 is 1.38 bits per heavy atom. The zero-order valence-corrected chi connectivity index (χ0v) is 8.06. The molecule has 1 rings (SSSR count). The number of hydrogen-bond donors (Lipinski definition) is 3. The first-order chi connectivity index (χ1) is 6.61. The predicted molar refractivity (Wildman–Crippen MR) is 47.2 cm³/mol. The molecule has 3 N–H and O–H groups in total. The SMILES string of the molecule is [2H]OCC1[C@H](C)OC(CO)(CO)[C@@H]1C. The maximum Gasteiger partial charge on any atom is 0.210 e. The van der Waals surface area contributed by atoms with Crippen LogP contribution in [0.15, 0.2) is 0 Å². The Bertz CT molecular complexity index is 184. The van der Waals surface area contributed by atoms with Gasteiger partial charge < -0.3 is 20.1 Å². The van der Waals surface area contributed by atoms with Gasteiger partial charge in [0.2, 0.25) is 1.43 Å². The molecule has 1 aliphatic rings. The normalized spacial score (nSPS) is 39.1. The van der Waals surface area contributed by atoms with Crippen molar-refractivity contribution in [3.8, 4) is 0 Å². The summed E-state index contributed by atoms with van der Waals surface area (Å²) in [6.45, 7) is 3.63. The van der Waals surface area contributed by atoms with Gasteiger partial charge in [0.1, 0.15) is 5.60 Å². The van der Waals surface area contributed by atoms with Crippen LogP contribution in [0.5, 0.6) is 0 Å². The average Bonchev–Trinajstić information content (AvgIpc) is 2.43. The fourth-order valence-electron chi connectivity index (χ4n) is 2.05. The minimum absolute atomic E-state index is 0.0159. The molecule has 0 bridgehead atoms. The molecule has 1 unspecified atom stereocenters. The average molecular weight is 191 g/mol. The summed E-state index contributed by atoms with van der Waals surface area (Å²) in [4.78, 5) is 0. The quantitative estimate of drug-likeness (QED) is 0.553. The van der Waals surface area contributed by atoms with E-state index in [2.05, 4.69) is 5.11 Å². The lowest BCUT2D eigenvalue weighted by atomic mass is 9.82. The molecular formula is C9H18O4. The van der Waals surface area contributed by atoms with E-state index >= 15 is 0 Å². The van der Waals surface area contributed by atoms with Crippen LogP contribution in [0.3, 0.4) is 0 Å². The third-order valence-corrected chi connectivity index (χ3v) is 3.22. The van der Waals surface area contributed by atoms with E-state index in [1.54, 1.807) is 0 Å². The summed E-state index contributed by atoms with van der Waals surface area (Å²) in [6.07, 6.45) is -0.102. The number of hydrogen-bond acceptors (Lipinski definition) is 4. The van der Waals surface area contributed by atoms with Crippen LogP contribution < -0.4 is 0 Å². The Hall–Kier alpha value is -0.160. The number of rotatable bonds is 4. The van der Waals surface area contributed by atoms with Crippen molar-refractivity contribution in [2.75, 3.05) is 19.8 Å². The minimum Gasteiger partial charge on any atom is -0.396 e. The Morgan fingerprint density at radius 3 is 2.38 bits per heavy atom. The highest BCUT2D eigenvalue weighted by Gasteiger charge is 2.50. The third-order valence-electron chi connectivity index (χ3n) is 3.22. The fourth-order valence-corrected chi connectivity index (χ4v) is 2.05. The van der Waals surface area contributed by atoms with Crippen LogP contribution in [0, 0.1) is 11.8 Å². The Balaban J connectivity index is 2.76. The van der Waals surface area contributed by atoms with Crippen LogP contribution in [0.4, 0.5) is 0 Å². The van der Waals surface area contributed by atoms with Crippen LogP contribution >= 0.6 is 0 Å². The number of aliphatic hydroxyl groups is 3. The molecule has 1 aliphatic heterocycles. The van der Waals surface area contributed by atoms with E-state index in [-0.39, 0.29) is 37.8 Å². The fraction of sp³-hybridized carbons (Fsp3) is 1.00. The Morgan fingerprint density at radius 2 is 2.00 bits per heavy atom. The first kappa shape index (κ1) is 9.40. The monoisotopic (exact) mass is 191 g/mol. The molecule has 13 heavy (non-hydrogen) atoms. The lowest BCUT2D eigenvalue weighted by Gasteiger charge is -2.29. The van der Waals surface area contributed by atoms with Gasteiger partial charge in [-0.15, -0.1) is 0 Å². The standard InChI is InChI=1S/C9H18O4/c1-6-8(3-10)7(2)13-9(6,4-11)5-12/h6-8,10-12H,3-5H2,1-2H3/t6-,7+,8?/m1/s1/i10D. The first-order valence-corrected chi connectivity index (χ1v) is 4.59. The van der Waals surface area contributed by atoms with E-state index in [1.807, 2.05) is 13.8 Å². The summed E-state index contributed by atoms with van der Waals surface area (Å²) < 4.78 is 12.3. The number of aliphatic hydroxyl groups excluding tert-OH is 3. The molecular weight excluding hydrogens is 172 g/mol. The highest BCUT2D eigenvalue weighted by molar-refractivity contribution is 4.97. The molecule has 0 aromatic carbocycles. The van der Waals surface area contributed by atoms with Crippen molar-refractivity contribution in [2.45, 2.75) is 25.6 Å². The summed E-state index contributed by atoms with van der Waals surface area (Å²) in [7, 11) is 0. The van der Waals surface area contributed by atoms with Gasteiger partial charge in [-0.2, -0.15) is 0 Å². The van der Waals surface area contributed by atoms with Crippen LogP contribution in [0.2, 0.25) is 0 Å². The van der Waals surface area contributed by atoms with E-state index < -0.39 is 5.60 Å². The van der Waals surface area contributed by atoms with Crippen molar-refractivity contribution < 1.29 is 20.1 Å². The van der Waals surface area contributed by atoms with Crippen molar-refractivity contribution in [1.82, 2.24) is 0 Å². The molecule has 0 amide bonds. The summed E-state index contributed by atoms with van der Waals surface area (Å²) in [5, 5.41) is 22.8. The van der Waals surface area contributed by atoms with Gasteiger partial charge in [-0.05, 0) is 12.8 Å². The van der Waals surface area contributed by atoms with Crippen LogP contribution in [0.1, 0.15) is 13.8 Å². The van der Waals surface area contributed by atoms with Gasteiger partial charge in [-0.25, -0.2) is 0 Å². The van der Waals surface area contributed by atoms with E-state index in [0.717, 1.165) is 0 Å². The van der Waals surface area contributed by atoms with Crippen molar-refractivity contribution in [1.29, 1.82) is 1.43 Å². The van der Waals surface area contributed by atoms with Crippen molar-refractivity contribution in [3.63, 3.8) is 0 Å². The second kappa shape index (κ2) is 3.92. The van der Waals surface area contributed by atoms with E-state index in [4.69, 9.17) is 6.17 Å². The Labute approximate surface area is 79.6 Å². The molecule has 1 fully saturated rings. The highest BCUT2D eigenvalue weighted by Crippen LogP contribution is 2.39. The van der Waals surface area contributed by atoms with E-state index in [0.29, 0.717) is 0 Å². The molecule has 4 nitrogen and oxygen atoms in total. The molecule has 0 aliphatic carbocycles. The molecule has 0 aromatic heterocycles. The molecule has 1 heterocycles. The van der Waals surface area contributed by atoms with Gasteiger partial charge in [0, 0.05) is 12.5 Å². The largest absolute Gasteiger partial charge is 0.396 e. The predicted octanol–water partition coefficient (Wildman–Crippen LogP) is -0.627. The molecule has 0 spiro atoms. The van der Waals surface area contributed by atoms with Gasteiger partial charge in [0.25, 0.3) is 0 Å². The van der Waals surface area contributed by atoms with Crippen molar-refractivity contribution in [3.05, 3.63) is 0 Å².